The Morgan fingerprint density at radius 1 is 1.22 bits per heavy atom. The Kier molecular flexibility index (Phi) is 8.42. The van der Waals surface area contributed by atoms with Crippen molar-refractivity contribution >= 4 is 21.6 Å². The SMILES string of the molecule is CO[C@@H]1CC[C@@H](S(=O)(=O)c2ccc(N3CCC(O)CC3)cc2C(F)(F)F)C1.N#CC1(NC(=O)O)CC1. The summed E-state index contributed by atoms with van der Waals surface area (Å²) in [5, 5.41) is 27.3. The number of hydrogen-bond donors (Lipinski definition) is 3. The lowest BCUT2D eigenvalue weighted by atomic mass is 10.1. The highest BCUT2D eigenvalue weighted by atomic mass is 32.2. The summed E-state index contributed by atoms with van der Waals surface area (Å²) < 4.78 is 72.0. The maximum Gasteiger partial charge on any atom is 0.417 e. The zero-order valence-electron chi connectivity index (χ0n) is 19.8. The standard InChI is InChI=1S/C18H24F3NO4S.C5H6N2O2/c1-26-14-3-4-15(11-14)27(24,25)17-5-2-12(10-16(17)18(19,20)21)22-8-6-13(23)7-9-22;6-3-5(1-2-5)7-4(8)9/h2,5,10,13-15,23H,3-4,6-9,11H2,1H3;7H,1-2H2,(H,8,9)/t14-,15-;/m1./s1. The van der Waals surface area contributed by atoms with Gasteiger partial charge in [0.25, 0.3) is 0 Å². The van der Waals surface area contributed by atoms with Crippen molar-refractivity contribution in [2.24, 2.45) is 0 Å². The van der Waals surface area contributed by atoms with Crippen LogP contribution in [0.1, 0.15) is 50.5 Å². The number of nitriles is 1. The fraction of sp³-hybridized carbons (Fsp3) is 0.652. The van der Waals surface area contributed by atoms with E-state index in [-0.39, 0.29) is 12.5 Å². The molecule has 2 aliphatic carbocycles. The Morgan fingerprint density at radius 2 is 1.86 bits per heavy atom. The topological polar surface area (TPSA) is 140 Å². The van der Waals surface area contributed by atoms with Gasteiger partial charge in [-0.2, -0.15) is 18.4 Å². The van der Waals surface area contributed by atoms with E-state index >= 15 is 0 Å². The van der Waals surface area contributed by atoms with Crippen LogP contribution >= 0.6 is 0 Å². The Hall–Kier alpha value is -2.56. The summed E-state index contributed by atoms with van der Waals surface area (Å²) >= 11 is 0. The number of nitrogens with zero attached hydrogens (tertiary/aromatic N) is 2. The number of aliphatic hydroxyl groups excluding tert-OH is 1. The Bertz CT molecular complexity index is 1090. The average molecular weight is 534 g/mol. The molecule has 1 heterocycles. The molecule has 1 amide bonds. The molecule has 1 aromatic carbocycles. The van der Waals surface area contributed by atoms with Crippen molar-refractivity contribution < 1.29 is 41.3 Å². The van der Waals surface area contributed by atoms with Gasteiger partial charge < -0.3 is 25.2 Å². The van der Waals surface area contributed by atoms with Crippen LogP contribution in [0.15, 0.2) is 23.1 Å². The smallest absolute Gasteiger partial charge is 0.417 e. The van der Waals surface area contributed by atoms with Crippen LogP contribution in [0, 0.1) is 11.3 Å². The maximum absolute atomic E-state index is 13.7. The summed E-state index contributed by atoms with van der Waals surface area (Å²) in [6.07, 6.45) is -3.30. The third kappa shape index (κ3) is 6.60. The number of aliphatic hydroxyl groups is 1. The van der Waals surface area contributed by atoms with E-state index in [2.05, 4.69) is 5.32 Å². The largest absolute Gasteiger partial charge is 0.465 e. The van der Waals surface area contributed by atoms with Gasteiger partial charge in [-0.15, -0.1) is 0 Å². The summed E-state index contributed by atoms with van der Waals surface area (Å²) in [7, 11) is -2.63. The van der Waals surface area contributed by atoms with Crippen molar-refractivity contribution in [1.29, 1.82) is 5.26 Å². The number of sulfone groups is 1. The molecule has 4 rings (SSSR count). The molecule has 0 radical (unpaired) electrons. The number of alkyl halides is 3. The minimum atomic E-state index is -4.77. The number of nitrogens with one attached hydrogen (secondary N) is 1. The lowest BCUT2D eigenvalue weighted by Crippen LogP contribution is -2.36. The van der Waals surface area contributed by atoms with E-state index in [1.807, 2.05) is 6.07 Å². The number of anilines is 1. The van der Waals surface area contributed by atoms with Gasteiger partial charge in [0.2, 0.25) is 0 Å². The molecular weight excluding hydrogens is 503 g/mol. The lowest BCUT2D eigenvalue weighted by Gasteiger charge is -2.32. The van der Waals surface area contributed by atoms with Crippen LogP contribution in [0.4, 0.5) is 23.7 Å². The van der Waals surface area contributed by atoms with Crippen molar-refractivity contribution in [1.82, 2.24) is 5.32 Å². The molecule has 1 aliphatic heterocycles. The second-order valence-corrected chi connectivity index (χ2v) is 11.6. The first-order valence-corrected chi connectivity index (χ1v) is 13.2. The van der Waals surface area contributed by atoms with Gasteiger partial charge >= 0.3 is 12.3 Å². The van der Waals surface area contributed by atoms with Crippen molar-refractivity contribution in [2.75, 3.05) is 25.1 Å². The second kappa shape index (κ2) is 10.8. The fourth-order valence-electron chi connectivity index (χ4n) is 4.48. The van der Waals surface area contributed by atoms with Crippen LogP contribution in [-0.2, 0) is 20.8 Å². The number of amides is 1. The number of halogens is 3. The van der Waals surface area contributed by atoms with Gasteiger partial charge in [-0.25, -0.2) is 13.2 Å². The highest BCUT2D eigenvalue weighted by Crippen LogP contribution is 2.41. The molecule has 9 nitrogen and oxygen atoms in total. The minimum Gasteiger partial charge on any atom is -0.465 e. The van der Waals surface area contributed by atoms with E-state index in [1.54, 1.807) is 4.90 Å². The number of piperidine rings is 1. The predicted molar refractivity (Wildman–Crippen MR) is 123 cm³/mol. The number of carboxylic acid groups (broad SMARTS) is 1. The van der Waals surface area contributed by atoms with Crippen molar-refractivity contribution in [2.45, 2.75) is 79.0 Å². The molecule has 36 heavy (non-hydrogen) atoms. The van der Waals surface area contributed by atoms with Crippen LogP contribution in [0.3, 0.4) is 0 Å². The van der Waals surface area contributed by atoms with Gasteiger partial charge in [0.05, 0.1) is 34.0 Å². The second-order valence-electron chi connectivity index (χ2n) is 9.36. The van der Waals surface area contributed by atoms with E-state index < -0.39 is 49.5 Å². The zero-order chi connectivity index (χ0) is 26.7. The zero-order valence-corrected chi connectivity index (χ0v) is 20.6. The first-order chi connectivity index (χ1) is 16.8. The van der Waals surface area contributed by atoms with Crippen molar-refractivity contribution in [3.05, 3.63) is 23.8 Å². The van der Waals surface area contributed by atoms with Gasteiger partial charge in [-0.05, 0) is 63.1 Å². The van der Waals surface area contributed by atoms with E-state index in [1.165, 1.54) is 13.2 Å². The van der Waals surface area contributed by atoms with E-state index in [9.17, 15) is 31.5 Å². The van der Waals surface area contributed by atoms with Gasteiger partial charge in [0, 0.05) is 25.9 Å². The summed E-state index contributed by atoms with van der Waals surface area (Å²) in [5.74, 6) is 0. The Balaban J connectivity index is 0.000000338. The molecule has 1 aromatic rings. The highest BCUT2D eigenvalue weighted by molar-refractivity contribution is 7.92. The Morgan fingerprint density at radius 3 is 2.31 bits per heavy atom. The molecule has 13 heteroatoms. The minimum absolute atomic E-state index is 0.210. The summed E-state index contributed by atoms with van der Waals surface area (Å²) in [6.45, 7) is 0.866. The van der Waals surface area contributed by atoms with Crippen LogP contribution in [0.2, 0.25) is 0 Å². The molecule has 3 fully saturated rings. The van der Waals surface area contributed by atoms with Crippen LogP contribution in [0.25, 0.3) is 0 Å². The number of benzene rings is 1. The molecule has 3 aliphatic rings. The van der Waals surface area contributed by atoms with Crippen molar-refractivity contribution in [3.8, 4) is 6.07 Å². The summed E-state index contributed by atoms with van der Waals surface area (Å²) in [5.41, 5.74) is -1.52. The normalized spacial score (nSPS) is 23.8. The molecule has 200 valence electrons. The third-order valence-electron chi connectivity index (χ3n) is 6.82. The number of carbonyl (C=O) groups is 1. The Labute approximate surface area is 207 Å². The molecule has 2 atom stereocenters. The number of hydrogen-bond acceptors (Lipinski definition) is 7. The maximum atomic E-state index is 13.7. The number of methoxy groups -OCH3 is 1. The molecule has 0 spiro atoms. The van der Waals surface area contributed by atoms with Crippen LogP contribution < -0.4 is 10.2 Å². The molecular formula is C23H30F3N3O6S. The lowest BCUT2D eigenvalue weighted by molar-refractivity contribution is -0.139. The third-order valence-corrected chi connectivity index (χ3v) is 9.10. The summed E-state index contributed by atoms with van der Waals surface area (Å²) in [6, 6.07) is 5.33. The molecule has 0 unspecified atom stereocenters. The first-order valence-electron chi connectivity index (χ1n) is 11.6. The monoisotopic (exact) mass is 533 g/mol. The van der Waals surface area contributed by atoms with E-state index in [0.717, 1.165) is 12.1 Å². The molecule has 3 N–H and O–H groups in total. The van der Waals surface area contributed by atoms with Gasteiger partial charge in [0.15, 0.2) is 9.84 Å². The molecule has 0 aromatic heterocycles. The molecule has 1 saturated heterocycles. The van der Waals surface area contributed by atoms with Crippen LogP contribution in [-0.4, -0.2) is 67.9 Å². The van der Waals surface area contributed by atoms with Crippen molar-refractivity contribution in [3.63, 3.8) is 0 Å². The quantitative estimate of drug-likeness (QED) is 0.524. The van der Waals surface area contributed by atoms with Gasteiger partial charge in [-0.1, -0.05) is 0 Å². The highest BCUT2D eigenvalue weighted by Gasteiger charge is 2.45. The van der Waals surface area contributed by atoms with Crippen LogP contribution in [0.5, 0.6) is 0 Å². The average Bonchev–Trinajstić information content (AvgIpc) is 3.40. The molecule has 0 bridgehead atoms. The van der Waals surface area contributed by atoms with E-state index in [4.69, 9.17) is 15.1 Å². The van der Waals surface area contributed by atoms with E-state index in [0.29, 0.717) is 57.3 Å². The number of rotatable bonds is 5. The number of ether oxygens (including phenoxy) is 1. The fourth-order valence-corrected chi connectivity index (χ4v) is 6.49. The predicted octanol–water partition coefficient (Wildman–Crippen LogP) is 3.32. The molecule has 2 saturated carbocycles. The van der Waals surface area contributed by atoms with Gasteiger partial charge in [0.1, 0.15) is 5.54 Å². The first kappa shape index (κ1) is 28.0. The summed E-state index contributed by atoms with van der Waals surface area (Å²) in [4.78, 5) is 11.0. The van der Waals surface area contributed by atoms with Gasteiger partial charge in [-0.3, -0.25) is 0 Å².